The Morgan fingerprint density at radius 3 is 2.75 bits per heavy atom. The van der Waals surface area contributed by atoms with Crippen LogP contribution in [0.25, 0.3) is 0 Å². The number of phenolic OH excluding ortho intramolecular Hbond substituents is 1. The molecule has 0 spiro atoms. The van der Waals surface area contributed by atoms with E-state index in [-0.39, 0.29) is 12.4 Å². The number of hydrogen-bond acceptors (Lipinski definition) is 3. The van der Waals surface area contributed by atoms with Gasteiger partial charge in [0.05, 0.1) is 7.11 Å². The molecular formula is C9H12O3. The maximum atomic E-state index is 9.48. The van der Waals surface area contributed by atoms with Crippen molar-refractivity contribution in [2.24, 2.45) is 0 Å². The summed E-state index contributed by atoms with van der Waals surface area (Å²) in [6, 6.07) is 5.22. The maximum Gasteiger partial charge on any atom is 0.160 e. The Hall–Kier alpha value is -1.22. The predicted octanol–water partition coefficient (Wildman–Crippen LogP) is 0.936. The number of ether oxygens (including phenoxy) is 1. The fourth-order valence-electron chi connectivity index (χ4n) is 1.05. The molecule has 1 aromatic rings. The van der Waals surface area contributed by atoms with Crippen LogP contribution in [-0.2, 0) is 6.42 Å². The molecule has 0 aliphatic carbocycles. The second kappa shape index (κ2) is 3.97. The minimum Gasteiger partial charge on any atom is -0.504 e. The molecule has 0 aliphatic rings. The van der Waals surface area contributed by atoms with Gasteiger partial charge >= 0.3 is 0 Å². The van der Waals surface area contributed by atoms with Crippen molar-refractivity contribution in [1.82, 2.24) is 0 Å². The normalized spacial score (nSPS) is 9.83. The van der Waals surface area contributed by atoms with E-state index < -0.39 is 0 Å². The lowest BCUT2D eigenvalue weighted by Gasteiger charge is -2.06. The van der Waals surface area contributed by atoms with Crippen molar-refractivity contribution >= 4 is 0 Å². The van der Waals surface area contributed by atoms with E-state index in [0.717, 1.165) is 0 Å². The minimum absolute atomic E-state index is 0.0285. The highest BCUT2D eigenvalue weighted by atomic mass is 16.5. The van der Waals surface area contributed by atoms with Gasteiger partial charge in [-0.25, -0.2) is 0 Å². The Balaban J connectivity index is 2.97. The highest BCUT2D eigenvalue weighted by Crippen LogP contribution is 2.29. The van der Waals surface area contributed by atoms with Gasteiger partial charge in [0.25, 0.3) is 0 Å². The third-order valence-electron chi connectivity index (χ3n) is 1.68. The first kappa shape index (κ1) is 8.87. The molecule has 12 heavy (non-hydrogen) atoms. The average Bonchev–Trinajstić information content (AvgIpc) is 2.09. The first-order valence-corrected chi connectivity index (χ1v) is 3.75. The standard InChI is InChI=1S/C9H12O3/c1-12-8-4-2-3-7(5-6-10)9(8)11/h2-4,10-11H,5-6H2,1H3. The highest BCUT2D eigenvalue weighted by molar-refractivity contribution is 5.45. The molecule has 0 aliphatic heterocycles. The number of aliphatic hydroxyl groups excluding tert-OH is 1. The lowest BCUT2D eigenvalue weighted by Crippen LogP contribution is -1.93. The summed E-state index contributed by atoms with van der Waals surface area (Å²) >= 11 is 0. The van der Waals surface area contributed by atoms with Gasteiger partial charge in [0.2, 0.25) is 0 Å². The van der Waals surface area contributed by atoms with E-state index in [4.69, 9.17) is 9.84 Å². The molecule has 0 unspecified atom stereocenters. The van der Waals surface area contributed by atoms with Crippen LogP contribution in [0.15, 0.2) is 18.2 Å². The van der Waals surface area contributed by atoms with E-state index in [9.17, 15) is 5.11 Å². The summed E-state index contributed by atoms with van der Waals surface area (Å²) in [6.45, 7) is 0.0285. The number of benzene rings is 1. The summed E-state index contributed by atoms with van der Waals surface area (Å²) in [5.41, 5.74) is 0.705. The molecule has 0 bridgehead atoms. The van der Waals surface area contributed by atoms with Gasteiger partial charge in [-0.15, -0.1) is 0 Å². The second-order valence-corrected chi connectivity index (χ2v) is 2.44. The highest BCUT2D eigenvalue weighted by Gasteiger charge is 2.05. The van der Waals surface area contributed by atoms with Gasteiger partial charge in [-0.2, -0.15) is 0 Å². The van der Waals surface area contributed by atoms with Crippen LogP contribution in [-0.4, -0.2) is 23.9 Å². The Labute approximate surface area is 71.2 Å². The minimum atomic E-state index is 0.0285. The van der Waals surface area contributed by atoms with Gasteiger partial charge < -0.3 is 14.9 Å². The first-order valence-electron chi connectivity index (χ1n) is 3.75. The third-order valence-corrected chi connectivity index (χ3v) is 1.68. The van der Waals surface area contributed by atoms with Crippen molar-refractivity contribution in [2.75, 3.05) is 13.7 Å². The number of para-hydroxylation sites is 1. The first-order chi connectivity index (χ1) is 5.79. The van der Waals surface area contributed by atoms with Crippen molar-refractivity contribution in [3.8, 4) is 11.5 Å². The quantitative estimate of drug-likeness (QED) is 0.706. The van der Waals surface area contributed by atoms with Gasteiger partial charge in [-0.05, 0) is 12.5 Å². The van der Waals surface area contributed by atoms with E-state index in [1.165, 1.54) is 7.11 Å². The fourth-order valence-corrected chi connectivity index (χ4v) is 1.05. The summed E-state index contributed by atoms with van der Waals surface area (Å²) in [6.07, 6.45) is 0.447. The number of aliphatic hydroxyl groups is 1. The van der Waals surface area contributed by atoms with Gasteiger partial charge in [-0.3, -0.25) is 0 Å². The zero-order chi connectivity index (χ0) is 8.97. The average molecular weight is 168 g/mol. The Morgan fingerprint density at radius 1 is 1.42 bits per heavy atom. The molecule has 0 amide bonds. The maximum absolute atomic E-state index is 9.48. The molecule has 1 aromatic carbocycles. The van der Waals surface area contributed by atoms with E-state index in [2.05, 4.69) is 0 Å². The van der Waals surface area contributed by atoms with Crippen LogP contribution in [0.2, 0.25) is 0 Å². The molecule has 0 fully saturated rings. The zero-order valence-electron chi connectivity index (χ0n) is 6.95. The van der Waals surface area contributed by atoms with Crippen LogP contribution in [0.1, 0.15) is 5.56 Å². The second-order valence-electron chi connectivity index (χ2n) is 2.44. The van der Waals surface area contributed by atoms with E-state index >= 15 is 0 Å². The molecule has 66 valence electrons. The topological polar surface area (TPSA) is 49.7 Å². The lowest BCUT2D eigenvalue weighted by molar-refractivity contribution is 0.296. The van der Waals surface area contributed by atoms with Crippen molar-refractivity contribution in [3.05, 3.63) is 23.8 Å². The van der Waals surface area contributed by atoms with Crippen molar-refractivity contribution in [2.45, 2.75) is 6.42 Å². The van der Waals surface area contributed by atoms with Crippen LogP contribution in [0.3, 0.4) is 0 Å². The van der Waals surface area contributed by atoms with Crippen LogP contribution in [0.5, 0.6) is 11.5 Å². The van der Waals surface area contributed by atoms with Crippen LogP contribution < -0.4 is 4.74 Å². The Bertz CT molecular complexity index is 258. The van der Waals surface area contributed by atoms with Gasteiger partial charge in [-0.1, -0.05) is 12.1 Å². The predicted molar refractivity (Wildman–Crippen MR) is 45.4 cm³/mol. The third kappa shape index (κ3) is 1.68. The number of hydrogen-bond donors (Lipinski definition) is 2. The van der Waals surface area contributed by atoms with E-state index in [1.807, 2.05) is 0 Å². The molecule has 0 aromatic heterocycles. The van der Waals surface area contributed by atoms with Crippen LogP contribution in [0, 0.1) is 0 Å². The fraction of sp³-hybridized carbons (Fsp3) is 0.333. The van der Waals surface area contributed by atoms with E-state index in [0.29, 0.717) is 17.7 Å². The molecule has 0 radical (unpaired) electrons. The number of phenols is 1. The molecule has 2 N–H and O–H groups in total. The zero-order valence-corrected chi connectivity index (χ0v) is 6.95. The largest absolute Gasteiger partial charge is 0.504 e. The molecule has 3 nitrogen and oxygen atoms in total. The van der Waals surface area contributed by atoms with E-state index in [1.54, 1.807) is 18.2 Å². The molecule has 1 rings (SSSR count). The summed E-state index contributed by atoms with van der Waals surface area (Å²) in [7, 11) is 1.50. The molecule has 0 atom stereocenters. The smallest absolute Gasteiger partial charge is 0.160 e. The van der Waals surface area contributed by atoms with Gasteiger partial charge in [0.1, 0.15) is 0 Å². The Morgan fingerprint density at radius 2 is 2.17 bits per heavy atom. The molecule has 0 saturated carbocycles. The number of methoxy groups -OCH3 is 1. The summed E-state index contributed by atoms with van der Waals surface area (Å²) < 4.78 is 4.90. The molecule has 0 heterocycles. The Kier molecular flexibility index (Phi) is 2.94. The van der Waals surface area contributed by atoms with Crippen molar-refractivity contribution in [1.29, 1.82) is 0 Å². The van der Waals surface area contributed by atoms with Crippen LogP contribution >= 0.6 is 0 Å². The SMILES string of the molecule is COc1cccc(CCO)c1O. The molecule has 0 saturated heterocycles. The summed E-state index contributed by atoms with van der Waals surface area (Å²) in [5, 5.41) is 18.1. The summed E-state index contributed by atoms with van der Waals surface area (Å²) in [5.74, 6) is 0.565. The monoisotopic (exact) mass is 168 g/mol. The molecular weight excluding hydrogens is 156 g/mol. The summed E-state index contributed by atoms with van der Waals surface area (Å²) in [4.78, 5) is 0. The van der Waals surface area contributed by atoms with Crippen LogP contribution in [0.4, 0.5) is 0 Å². The van der Waals surface area contributed by atoms with Crippen molar-refractivity contribution < 1.29 is 14.9 Å². The number of rotatable bonds is 3. The lowest BCUT2D eigenvalue weighted by atomic mass is 10.1. The molecule has 3 heteroatoms. The van der Waals surface area contributed by atoms with Gasteiger partial charge in [0, 0.05) is 12.2 Å². The van der Waals surface area contributed by atoms with Crippen molar-refractivity contribution in [3.63, 3.8) is 0 Å². The van der Waals surface area contributed by atoms with Gasteiger partial charge in [0.15, 0.2) is 11.5 Å². The number of aromatic hydroxyl groups is 1.